The lowest BCUT2D eigenvalue weighted by Crippen LogP contribution is -2.12. The van der Waals surface area contributed by atoms with Crippen LogP contribution in [-0.2, 0) is 11.3 Å². The summed E-state index contributed by atoms with van der Waals surface area (Å²) in [6, 6.07) is 5.80. The molecule has 2 rings (SSSR count). The Morgan fingerprint density at radius 3 is 2.94 bits per heavy atom. The number of nitrogen functional groups attached to an aromatic ring is 1. The molecule has 4 nitrogen and oxygen atoms in total. The molecule has 0 amide bonds. The van der Waals surface area contributed by atoms with Crippen molar-refractivity contribution in [3.05, 3.63) is 23.8 Å². The fraction of sp³-hybridized carbons (Fsp3) is 0.417. The summed E-state index contributed by atoms with van der Waals surface area (Å²) in [6.07, 6.45) is -2.44. The molecule has 0 atom stereocenters. The van der Waals surface area contributed by atoms with E-state index >= 15 is 0 Å². The number of nitrogens with zero attached hydrogens (tertiary/aromatic N) is 2. The van der Waals surface area contributed by atoms with E-state index < -0.39 is 13.0 Å². The number of alkyl halides is 2. The van der Waals surface area contributed by atoms with E-state index in [4.69, 9.17) is 10.5 Å². The fourth-order valence-corrected chi connectivity index (χ4v) is 1.81. The van der Waals surface area contributed by atoms with Crippen molar-refractivity contribution in [3.63, 3.8) is 0 Å². The summed E-state index contributed by atoms with van der Waals surface area (Å²) >= 11 is 0. The lowest BCUT2D eigenvalue weighted by Gasteiger charge is -2.07. The summed E-state index contributed by atoms with van der Waals surface area (Å²) in [5, 5.41) is 0. The summed E-state index contributed by atoms with van der Waals surface area (Å²) in [5.74, 6) is 0.372. The predicted molar refractivity (Wildman–Crippen MR) is 65.7 cm³/mol. The van der Waals surface area contributed by atoms with Crippen LogP contribution in [0.2, 0.25) is 0 Å². The lowest BCUT2D eigenvalue weighted by atomic mass is 10.2. The van der Waals surface area contributed by atoms with Crippen LogP contribution in [0.15, 0.2) is 18.2 Å². The number of imidazole rings is 1. The Bertz CT molecular complexity index is 539. The van der Waals surface area contributed by atoms with Crippen molar-refractivity contribution in [2.45, 2.75) is 19.9 Å². The van der Waals surface area contributed by atoms with E-state index in [0.717, 1.165) is 16.6 Å². The first-order valence-corrected chi connectivity index (χ1v) is 5.66. The van der Waals surface area contributed by atoms with Gasteiger partial charge in [0.25, 0.3) is 6.43 Å². The van der Waals surface area contributed by atoms with Crippen LogP contribution in [0, 0.1) is 6.92 Å². The van der Waals surface area contributed by atoms with Gasteiger partial charge in [-0.15, -0.1) is 0 Å². The van der Waals surface area contributed by atoms with Gasteiger partial charge in [0.1, 0.15) is 6.61 Å². The van der Waals surface area contributed by atoms with Gasteiger partial charge < -0.3 is 15.0 Å². The number of halogens is 2. The highest BCUT2D eigenvalue weighted by Gasteiger charge is 2.08. The van der Waals surface area contributed by atoms with Crippen LogP contribution in [-0.4, -0.2) is 29.2 Å². The Hall–Kier alpha value is -1.69. The molecule has 1 aromatic carbocycles. The third kappa shape index (κ3) is 2.76. The van der Waals surface area contributed by atoms with Gasteiger partial charge in [-0.3, -0.25) is 0 Å². The SMILES string of the molecule is Cc1ccc2nc(N)n(CCOCC(F)F)c2c1. The Morgan fingerprint density at radius 1 is 1.44 bits per heavy atom. The summed E-state index contributed by atoms with van der Waals surface area (Å²) in [5.41, 5.74) is 8.58. The highest BCUT2D eigenvalue weighted by atomic mass is 19.3. The van der Waals surface area contributed by atoms with Crippen molar-refractivity contribution in [1.29, 1.82) is 0 Å². The molecule has 0 saturated carbocycles. The molecule has 1 heterocycles. The van der Waals surface area contributed by atoms with Crippen LogP contribution in [0.4, 0.5) is 14.7 Å². The summed E-state index contributed by atoms with van der Waals surface area (Å²) < 4.78 is 30.5. The predicted octanol–water partition coefficient (Wildman–Crippen LogP) is 2.21. The number of benzene rings is 1. The van der Waals surface area contributed by atoms with Gasteiger partial charge in [0.2, 0.25) is 5.95 Å². The molecule has 18 heavy (non-hydrogen) atoms. The number of aryl methyl sites for hydroxylation is 1. The highest BCUT2D eigenvalue weighted by Crippen LogP contribution is 2.18. The molecular weight excluding hydrogens is 240 g/mol. The Balaban J connectivity index is 2.12. The minimum atomic E-state index is -2.44. The number of fused-ring (bicyclic) bond motifs is 1. The van der Waals surface area contributed by atoms with Crippen LogP contribution >= 0.6 is 0 Å². The quantitative estimate of drug-likeness (QED) is 0.833. The lowest BCUT2D eigenvalue weighted by molar-refractivity contribution is 0.0151. The second-order valence-corrected chi connectivity index (χ2v) is 4.08. The van der Waals surface area contributed by atoms with Gasteiger partial charge in [0.15, 0.2) is 0 Å². The zero-order valence-corrected chi connectivity index (χ0v) is 10.1. The number of nitrogens with two attached hydrogens (primary N) is 1. The number of hydrogen-bond donors (Lipinski definition) is 1. The van der Waals surface area contributed by atoms with Gasteiger partial charge in [-0.25, -0.2) is 13.8 Å². The van der Waals surface area contributed by atoms with Crippen LogP contribution in [0.1, 0.15) is 5.56 Å². The van der Waals surface area contributed by atoms with Crippen LogP contribution in [0.25, 0.3) is 11.0 Å². The van der Waals surface area contributed by atoms with E-state index in [0.29, 0.717) is 12.5 Å². The van der Waals surface area contributed by atoms with E-state index in [1.165, 1.54) is 0 Å². The van der Waals surface area contributed by atoms with Crippen LogP contribution < -0.4 is 5.73 Å². The first-order valence-electron chi connectivity index (χ1n) is 5.66. The van der Waals surface area contributed by atoms with E-state index in [1.54, 1.807) is 4.57 Å². The molecule has 0 bridgehead atoms. The Kier molecular flexibility index (Phi) is 3.76. The van der Waals surface area contributed by atoms with Crippen molar-refractivity contribution in [2.24, 2.45) is 0 Å². The van der Waals surface area contributed by atoms with Gasteiger partial charge >= 0.3 is 0 Å². The zero-order valence-electron chi connectivity index (χ0n) is 10.1. The summed E-state index contributed by atoms with van der Waals surface area (Å²) in [4.78, 5) is 4.21. The smallest absolute Gasteiger partial charge is 0.261 e. The zero-order chi connectivity index (χ0) is 13.1. The summed E-state index contributed by atoms with van der Waals surface area (Å²) in [7, 11) is 0. The third-order valence-corrected chi connectivity index (χ3v) is 2.64. The Labute approximate surface area is 103 Å². The van der Waals surface area contributed by atoms with Gasteiger partial charge in [0.05, 0.1) is 17.6 Å². The molecule has 6 heteroatoms. The van der Waals surface area contributed by atoms with Gasteiger partial charge in [-0.1, -0.05) is 6.07 Å². The average molecular weight is 255 g/mol. The third-order valence-electron chi connectivity index (χ3n) is 2.64. The molecule has 0 aliphatic rings. The maximum atomic E-state index is 11.9. The van der Waals surface area contributed by atoms with Crippen molar-refractivity contribution in [3.8, 4) is 0 Å². The maximum absolute atomic E-state index is 11.9. The summed E-state index contributed by atoms with van der Waals surface area (Å²) in [6.45, 7) is 2.03. The first-order chi connectivity index (χ1) is 8.58. The second-order valence-electron chi connectivity index (χ2n) is 4.08. The molecule has 0 fully saturated rings. The molecule has 0 saturated heterocycles. The minimum absolute atomic E-state index is 0.188. The number of ether oxygens (including phenoxy) is 1. The standard InChI is InChI=1S/C12H15F2N3O/c1-8-2-3-9-10(6-8)17(12(15)16-9)4-5-18-7-11(13)14/h2-3,6,11H,4-5,7H2,1H3,(H2,15,16). The minimum Gasteiger partial charge on any atom is -0.374 e. The maximum Gasteiger partial charge on any atom is 0.261 e. The molecule has 0 unspecified atom stereocenters. The first kappa shape index (κ1) is 12.8. The molecule has 0 radical (unpaired) electrons. The van der Waals surface area contributed by atoms with Crippen molar-refractivity contribution in [2.75, 3.05) is 18.9 Å². The number of hydrogen-bond acceptors (Lipinski definition) is 3. The van der Waals surface area contributed by atoms with Crippen LogP contribution in [0.5, 0.6) is 0 Å². The van der Waals surface area contributed by atoms with Crippen molar-refractivity contribution < 1.29 is 13.5 Å². The van der Waals surface area contributed by atoms with Crippen molar-refractivity contribution in [1.82, 2.24) is 9.55 Å². The molecular formula is C12H15F2N3O. The van der Waals surface area contributed by atoms with Gasteiger partial charge in [-0.05, 0) is 24.6 Å². The second kappa shape index (κ2) is 5.30. The van der Waals surface area contributed by atoms with Crippen LogP contribution in [0.3, 0.4) is 0 Å². The molecule has 2 aromatic rings. The molecule has 2 N–H and O–H groups in total. The molecule has 0 aliphatic carbocycles. The van der Waals surface area contributed by atoms with Gasteiger partial charge in [0, 0.05) is 6.54 Å². The Morgan fingerprint density at radius 2 is 2.22 bits per heavy atom. The molecule has 1 aromatic heterocycles. The average Bonchev–Trinajstić information content (AvgIpc) is 2.60. The molecule has 0 spiro atoms. The van der Waals surface area contributed by atoms with E-state index in [2.05, 4.69) is 4.98 Å². The fourth-order valence-electron chi connectivity index (χ4n) is 1.81. The van der Waals surface area contributed by atoms with E-state index in [1.807, 2.05) is 25.1 Å². The van der Waals surface area contributed by atoms with Gasteiger partial charge in [-0.2, -0.15) is 0 Å². The van der Waals surface area contributed by atoms with Crippen molar-refractivity contribution >= 4 is 17.0 Å². The van der Waals surface area contributed by atoms with E-state index in [9.17, 15) is 8.78 Å². The molecule has 0 aliphatic heterocycles. The number of aromatic nitrogens is 2. The topological polar surface area (TPSA) is 53.1 Å². The highest BCUT2D eigenvalue weighted by molar-refractivity contribution is 5.79. The normalized spacial score (nSPS) is 11.6. The largest absolute Gasteiger partial charge is 0.374 e. The number of anilines is 1. The monoisotopic (exact) mass is 255 g/mol. The van der Waals surface area contributed by atoms with E-state index in [-0.39, 0.29) is 6.61 Å². The molecule has 98 valence electrons. The number of rotatable bonds is 5.